The average molecular weight is 226 g/mol. The van der Waals surface area contributed by atoms with Crippen LogP contribution in [-0.4, -0.2) is 4.98 Å². The molecule has 0 aliphatic heterocycles. The van der Waals surface area contributed by atoms with Gasteiger partial charge in [0.15, 0.2) is 0 Å². The number of nitrogens with two attached hydrogens (primary N) is 1. The Morgan fingerprint density at radius 2 is 1.59 bits per heavy atom. The highest BCUT2D eigenvalue weighted by Crippen LogP contribution is 2.21. The Bertz CT molecular complexity index is 512. The minimum Gasteiger partial charge on any atom is -0.320 e. The summed E-state index contributed by atoms with van der Waals surface area (Å²) in [5, 5.41) is 0. The Kier molecular flexibility index (Phi) is 3.25. The van der Waals surface area contributed by atoms with E-state index in [0.717, 1.165) is 16.8 Å². The van der Waals surface area contributed by atoms with Gasteiger partial charge < -0.3 is 5.73 Å². The van der Waals surface area contributed by atoms with Gasteiger partial charge in [0.1, 0.15) is 0 Å². The van der Waals surface area contributed by atoms with E-state index in [9.17, 15) is 0 Å². The quantitative estimate of drug-likeness (QED) is 0.854. The molecule has 1 aromatic heterocycles. The van der Waals surface area contributed by atoms with E-state index in [1.807, 2.05) is 25.3 Å². The Morgan fingerprint density at radius 1 is 0.941 bits per heavy atom. The lowest BCUT2D eigenvalue weighted by Crippen LogP contribution is -2.12. The maximum absolute atomic E-state index is 6.30. The molecule has 0 aliphatic rings. The van der Waals surface area contributed by atoms with Crippen LogP contribution in [-0.2, 0) is 0 Å². The fourth-order valence-electron chi connectivity index (χ4n) is 2.14. The van der Waals surface area contributed by atoms with Crippen LogP contribution in [0.5, 0.6) is 0 Å². The summed E-state index contributed by atoms with van der Waals surface area (Å²) < 4.78 is 0. The first kappa shape index (κ1) is 11.8. The molecule has 0 radical (unpaired) electrons. The molecule has 2 aromatic rings. The van der Waals surface area contributed by atoms with E-state index in [4.69, 9.17) is 5.73 Å². The number of hydrogen-bond acceptors (Lipinski definition) is 2. The maximum Gasteiger partial charge on any atom is 0.0553 e. The molecule has 1 atom stereocenters. The molecule has 1 aromatic carbocycles. The van der Waals surface area contributed by atoms with Crippen LogP contribution in [0.25, 0.3) is 0 Å². The summed E-state index contributed by atoms with van der Waals surface area (Å²) in [5.41, 5.74) is 12.1. The number of benzene rings is 1. The first-order chi connectivity index (χ1) is 8.06. The second-order valence-corrected chi connectivity index (χ2v) is 4.63. The molecular weight excluding hydrogens is 208 g/mol. The summed E-state index contributed by atoms with van der Waals surface area (Å²) in [6, 6.07) is 10.4. The molecular formula is C15H18N2. The van der Waals surface area contributed by atoms with E-state index in [-0.39, 0.29) is 6.04 Å². The van der Waals surface area contributed by atoms with Gasteiger partial charge in [-0.05, 0) is 44.0 Å². The van der Waals surface area contributed by atoms with Gasteiger partial charge >= 0.3 is 0 Å². The van der Waals surface area contributed by atoms with Crippen LogP contribution in [0.15, 0.2) is 36.5 Å². The van der Waals surface area contributed by atoms with Crippen LogP contribution in [0.1, 0.15) is 34.0 Å². The zero-order valence-corrected chi connectivity index (χ0v) is 10.6. The van der Waals surface area contributed by atoms with Crippen molar-refractivity contribution < 1.29 is 0 Å². The monoisotopic (exact) mass is 226 g/mol. The molecule has 0 amide bonds. The number of pyridine rings is 1. The van der Waals surface area contributed by atoms with E-state index in [0.29, 0.717) is 0 Å². The fourth-order valence-corrected chi connectivity index (χ4v) is 2.14. The van der Waals surface area contributed by atoms with Crippen LogP contribution < -0.4 is 5.73 Å². The third-order valence-corrected chi connectivity index (χ3v) is 2.88. The molecule has 0 fully saturated rings. The van der Waals surface area contributed by atoms with E-state index in [2.05, 4.69) is 37.0 Å². The third kappa shape index (κ3) is 2.71. The SMILES string of the molecule is Cc1cc(C)cc(C(N)c2ccnc(C)c2)c1. The topological polar surface area (TPSA) is 38.9 Å². The molecule has 17 heavy (non-hydrogen) atoms. The van der Waals surface area contributed by atoms with Crippen molar-refractivity contribution in [1.82, 2.24) is 4.98 Å². The van der Waals surface area contributed by atoms with Gasteiger partial charge in [-0.3, -0.25) is 4.98 Å². The van der Waals surface area contributed by atoms with E-state index in [1.165, 1.54) is 11.1 Å². The van der Waals surface area contributed by atoms with E-state index in [1.54, 1.807) is 0 Å². The van der Waals surface area contributed by atoms with Gasteiger partial charge in [-0.15, -0.1) is 0 Å². The molecule has 0 aliphatic carbocycles. The molecule has 0 bridgehead atoms. The first-order valence-electron chi connectivity index (χ1n) is 5.82. The molecule has 2 heteroatoms. The molecule has 2 rings (SSSR count). The summed E-state index contributed by atoms with van der Waals surface area (Å²) in [6.45, 7) is 6.18. The lowest BCUT2D eigenvalue weighted by molar-refractivity contribution is 0.861. The van der Waals surface area contributed by atoms with Crippen LogP contribution >= 0.6 is 0 Å². The number of hydrogen-bond donors (Lipinski definition) is 1. The zero-order valence-electron chi connectivity index (χ0n) is 10.6. The minimum absolute atomic E-state index is 0.0738. The molecule has 88 valence electrons. The molecule has 1 unspecified atom stereocenters. The van der Waals surface area contributed by atoms with E-state index >= 15 is 0 Å². The predicted octanol–water partition coefficient (Wildman–Crippen LogP) is 3.05. The summed E-state index contributed by atoms with van der Waals surface area (Å²) in [6.07, 6.45) is 1.81. The number of rotatable bonds is 2. The highest BCUT2D eigenvalue weighted by Gasteiger charge is 2.09. The summed E-state index contributed by atoms with van der Waals surface area (Å²) in [5.74, 6) is 0. The molecule has 1 heterocycles. The summed E-state index contributed by atoms with van der Waals surface area (Å²) in [4.78, 5) is 4.20. The van der Waals surface area contributed by atoms with Gasteiger partial charge in [-0.25, -0.2) is 0 Å². The van der Waals surface area contributed by atoms with Crippen LogP contribution in [0.2, 0.25) is 0 Å². The van der Waals surface area contributed by atoms with Crippen molar-refractivity contribution in [3.05, 3.63) is 64.5 Å². The van der Waals surface area contributed by atoms with Crippen molar-refractivity contribution in [2.24, 2.45) is 5.73 Å². The van der Waals surface area contributed by atoms with Crippen molar-refractivity contribution in [3.63, 3.8) is 0 Å². The molecule has 2 nitrogen and oxygen atoms in total. The van der Waals surface area contributed by atoms with Gasteiger partial charge in [0.2, 0.25) is 0 Å². The van der Waals surface area contributed by atoms with Crippen LogP contribution in [0, 0.1) is 20.8 Å². The Labute approximate surface area is 103 Å². The standard InChI is InChI=1S/C15H18N2/c1-10-6-11(2)8-14(7-10)15(16)13-4-5-17-12(3)9-13/h4-9,15H,16H2,1-3H3. The number of nitrogens with zero attached hydrogens (tertiary/aromatic N) is 1. The molecule has 0 saturated heterocycles. The Balaban J connectivity index is 2.39. The zero-order chi connectivity index (χ0) is 12.4. The molecule has 0 spiro atoms. The van der Waals surface area contributed by atoms with Gasteiger partial charge in [-0.1, -0.05) is 29.3 Å². The Morgan fingerprint density at radius 3 is 2.18 bits per heavy atom. The lowest BCUT2D eigenvalue weighted by atomic mass is 9.97. The van der Waals surface area contributed by atoms with E-state index < -0.39 is 0 Å². The summed E-state index contributed by atoms with van der Waals surface area (Å²) in [7, 11) is 0. The highest BCUT2D eigenvalue weighted by atomic mass is 14.7. The predicted molar refractivity (Wildman–Crippen MR) is 70.9 cm³/mol. The Hall–Kier alpha value is -1.67. The van der Waals surface area contributed by atoms with Crippen LogP contribution in [0.4, 0.5) is 0 Å². The minimum atomic E-state index is -0.0738. The van der Waals surface area contributed by atoms with Gasteiger partial charge in [0.05, 0.1) is 6.04 Å². The molecule has 0 saturated carbocycles. The van der Waals surface area contributed by atoms with Gasteiger partial charge in [-0.2, -0.15) is 0 Å². The number of aryl methyl sites for hydroxylation is 3. The van der Waals surface area contributed by atoms with Crippen molar-refractivity contribution in [3.8, 4) is 0 Å². The van der Waals surface area contributed by atoms with Gasteiger partial charge in [0.25, 0.3) is 0 Å². The maximum atomic E-state index is 6.30. The molecule has 2 N–H and O–H groups in total. The average Bonchev–Trinajstić information content (AvgIpc) is 2.26. The highest BCUT2D eigenvalue weighted by molar-refractivity contribution is 5.36. The van der Waals surface area contributed by atoms with Gasteiger partial charge in [0, 0.05) is 11.9 Å². The third-order valence-electron chi connectivity index (χ3n) is 2.88. The largest absolute Gasteiger partial charge is 0.320 e. The normalized spacial score (nSPS) is 12.5. The first-order valence-corrected chi connectivity index (χ1v) is 5.82. The van der Waals surface area contributed by atoms with Crippen LogP contribution in [0.3, 0.4) is 0 Å². The second kappa shape index (κ2) is 4.68. The second-order valence-electron chi connectivity index (χ2n) is 4.63. The number of aromatic nitrogens is 1. The van der Waals surface area contributed by atoms with Crippen molar-refractivity contribution >= 4 is 0 Å². The lowest BCUT2D eigenvalue weighted by Gasteiger charge is -2.14. The fraction of sp³-hybridized carbons (Fsp3) is 0.267. The van der Waals surface area contributed by atoms with Crippen molar-refractivity contribution in [2.45, 2.75) is 26.8 Å². The summed E-state index contributed by atoms with van der Waals surface area (Å²) >= 11 is 0. The van der Waals surface area contributed by atoms with Crippen molar-refractivity contribution in [1.29, 1.82) is 0 Å². The smallest absolute Gasteiger partial charge is 0.0553 e. The van der Waals surface area contributed by atoms with Crippen molar-refractivity contribution in [2.75, 3.05) is 0 Å².